The molecule has 28 heavy (non-hydrogen) atoms. The largest absolute Gasteiger partial charge is 0.496 e. The molecule has 1 heterocycles. The smallest absolute Gasteiger partial charge is 0.490 e. The van der Waals surface area contributed by atoms with Crippen molar-refractivity contribution in [3.05, 3.63) is 29.3 Å². The zero-order chi connectivity index (χ0) is 21.2. The minimum Gasteiger partial charge on any atom is -0.496 e. The fraction of sp³-hybridized carbons (Fsp3) is 0.611. The van der Waals surface area contributed by atoms with Gasteiger partial charge in [0, 0.05) is 25.8 Å². The molecule has 0 aromatic heterocycles. The summed E-state index contributed by atoms with van der Waals surface area (Å²) in [6, 6.07) is 6.22. The summed E-state index contributed by atoms with van der Waals surface area (Å²) in [6.07, 6.45) is -4.92. The Morgan fingerprint density at radius 2 is 2.00 bits per heavy atom. The Morgan fingerprint density at radius 3 is 2.50 bits per heavy atom. The van der Waals surface area contributed by atoms with Crippen LogP contribution in [0.4, 0.5) is 13.2 Å². The molecule has 0 aliphatic carbocycles. The lowest BCUT2D eigenvalue weighted by molar-refractivity contribution is -0.192. The Balaban J connectivity index is 0.000000480. The summed E-state index contributed by atoms with van der Waals surface area (Å²) in [4.78, 5) is 11.1. The van der Waals surface area contributed by atoms with E-state index in [1.165, 1.54) is 5.56 Å². The van der Waals surface area contributed by atoms with E-state index in [1.807, 2.05) is 6.07 Å². The fourth-order valence-corrected chi connectivity index (χ4v) is 2.56. The zero-order valence-corrected chi connectivity index (χ0v) is 16.1. The average Bonchev–Trinajstić information content (AvgIpc) is 2.63. The van der Waals surface area contributed by atoms with Gasteiger partial charge in [-0.15, -0.1) is 0 Å². The van der Waals surface area contributed by atoms with Crippen LogP contribution < -0.4 is 4.74 Å². The number of hydrogen-bond acceptors (Lipinski definition) is 6. The summed E-state index contributed by atoms with van der Waals surface area (Å²) in [5.41, 5.74) is 2.31. The van der Waals surface area contributed by atoms with Crippen LogP contribution in [0.5, 0.6) is 5.75 Å². The van der Waals surface area contributed by atoms with Gasteiger partial charge >= 0.3 is 12.1 Å². The SMILES string of the molecule is COCc1cc(CN(C)CC2COCCO2)ccc1OC.O=C(O)C(F)(F)F. The molecule has 0 spiro atoms. The number of methoxy groups -OCH3 is 2. The van der Waals surface area contributed by atoms with Crippen molar-refractivity contribution >= 4 is 5.97 Å². The maximum atomic E-state index is 10.6. The minimum atomic E-state index is -5.08. The summed E-state index contributed by atoms with van der Waals surface area (Å²) in [5.74, 6) is -1.89. The first-order valence-electron chi connectivity index (χ1n) is 8.50. The van der Waals surface area contributed by atoms with Crippen molar-refractivity contribution in [2.75, 3.05) is 47.6 Å². The Morgan fingerprint density at radius 1 is 1.32 bits per heavy atom. The molecule has 7 nitrogen and oxygen atoms in total. The predicted octanol–water partition coefficient (Wildman–Crippen LogP) is 2.32. The van der Waals surface area contributed by atoms with Crippen LogP contribution in [-0.2, 0) is 32.2 Å². The van der Waals surface area contributed by atoms with Crippen LogP contribution in [0.1, 0.15) is 11.1 Å². The number of halogens is 3. The van der Waals surface area contributed by atoms with E-state index in [4.69, 9.17) is 28.8 Å². The van der Waals surface area contributed by atoms with Crippen LogP contribution >= 0.6 is 0 Å². The van der Waals surface area contributed by atoms with E-state index in [-0.39, 0.29) is 6.10 Å². The quantitative estimate of drug-likeness (QED) is 0.741. The molecule has 2 rings (SSSR count). The van der Waals surface area contributed by atoms with Crippen molar-refractivity contribution in [1.82, 2.24) is 4.90 Å². The van der Waals surface area contributed by atoms with Gasteiger partial charge in [0.1, 0.15) is 5.75 Å². The molecule has 1 aliphatic rings. The lowest BCUT2D eigenvalue weighted by Crippen LogP contribution is -2.38. The topological polar surface area (TPSA) is 77.5 Å². The molecule has 1 aliphatic heterocycles. The van der Waals surface area contributed by atoms with E-state index in [0.29, 0.717) is 26.4 Å². The number of carboxylic acid groups (broad SMARTS) is 1. The number of ether oxygens (including phenoxy) is 4. The summed E-state index contributed by atoms with van der Waals surface area (Å²) >= 11 is 0. The molecule has 0 amide bonds. The van der Waals surface area contributed by atoms with Gasteiger partial charge in [0.05, 0.1) is 39.6 Å². The van der Waals surface area contributed by atoms with Crippen LogP contribution in [0.15, 0.2) is 18.2 Å². The highest BCUT2D eigenvalue weighted by Gasteiger charge is 2.38. The molecular formula is C18H26F3NO6. The second kappa shape index (κ2) is 11.8. The van der Waals surface area contributed by atoms with Gasteiger partial charge in [-0.1, -0.05) is 6.07 Å². The molecule has 0 bridgehead atoms. The van der Waals surface area contributed by atoms with Crippen LogP contribution in [0.2, 0.25) is 0 Å². The molecule has 1 unspecified atom stereocenters. The van der Waals surface area contributed by atoms with Crippen molar-refractivity contribution in [2.45, 2.75) is 25.4 Å². The third kappa shape index (κ3) is 8.87. The lowest BCUT2D eigenvalue weighted by Gasteiger charge is -2.27. The molecular weight excluding hydrogens is 383 g/mol. The summed E-state index contributed by atoms with van der Waals surface area (Å²) in [5, 5.41) is 7.12. The maximum absolute atomic E-state index is 10.6. The van der Waals surface area contributed by atoms with Gasteiger partial charge in [0.2, 0.25) is 0 Å². The number of rotatable bonds is 7. The predicted molar refractivity (Wildman–Crippen MR) is 94.3 cm³/mol. The summed E-state index contributed by atoms with van der Waals surface area (Å²) in [7, 11) is 5.47. The van der Waals surface area contributed by atoms with Crippen LogP contribution in [0.25, 0.3) is 0 Å². The standard InChI is InChI=1S/C16H25NO4.C2HF3O2/c1-17(10-15-12-20-6-7-21-15)9-13-4-5-16(19-3)14(8-13)11-18-2;3-2(4,5)1(6)7/h4-5,8,15H,6-7,9-12H2,1-3H3;(H,6,7). The number of alkyl halides is 3. The number of likely N-dealkylation sites (N-methyl/N-ethyl adjacent to an activating group) is 1. The normalized spacial score (nSPS) is 17.0. The first kappa shape index (κ1) is 24.2. The van der Waals surface area contributed by atoms with E-state index in [1.54, 1.807) is 14.2 Å². The highest BCUT2D eigenvalue weighted by atomic mass is 19.4. The number of aliphatic carboxylic acids is 1. The van der Waals surface area contributed by atoms with Crippen LogP contribution in [-0.4, -0.2) is 75.9 Å². The van der Waals surface area contributed by atoms with Crippen LogP contribution in [0.3, 0.4) is 0 Å². The van der Waals surface area contributed by atoms with E-state index in [2.05, 4.69) is 24.1 Å². The van der Waals surface area contributed by atoms with Crippen molar-refractivity contribution in [3.63, 3.8) is 0 Å². The van der Waals surface area contributed by atoms with E-state index >= 15 is 0 Å². The molecule has 0 saturated carbocycles. The molecule has 160 valence electrons. The second-order valence-corrected chi connectivity index (χ2v) is 6.15. The first-order valence-corrected chi connectivity index (χ1v) is 8.50. The molecule has 1 atom stereocenters. The Labute approximate surface area is 161 Å². The highest BCUT2D eigenvalue weighted by molar-refractivity contribution is 5.73. The van der Waals surface area contributed by atoms with Crippen molar-refractivity contribution in [1.29, 1.82) is 0 Å². The number of benzene rings is 1. The highest BCUT2D eigenvalue weighted by Crippen LogP contribution is 2.21. The Kier molecular flexibility index (Phi) is 10.2. The van der Waals surface area contributed by atoms with Gasteiger partial charge in [-0.3, -0.25) is 4.90 Å². The molecule has 1 aromatic rings. The lowest BCUT2D eigenvalue weighted by atomic mass is 10.1. The molecule has 1 saturated heterocycles. The van der Waals surface area contributed by atoms with Crippen molar-refractivity contribution < 1.29 is 42.0 Å². The monoisotopic (exact) mass is 409 g/mol. The number of carboxylic acids is 1. The van der Waals surface area contributed by atoms with E-state index in [9.17, 15) is 13.2 Å². The third-order valence-corrected chi connectivity index (χ3v) is 3.74. The number of hydrogen-bond donors (Lipinski definition) is 1. The third-order valence-electron chi connectivity index (χ3n) is 3.74. The Hall–Kier alpha value is -1.88. The molecule has 1 aromatic carbocycles. The van der Waals surface area contributed by atoms with Crippen LogP contribution in [0, 0.1) is 0 Å². The van der Waals surface area contributed by atoms with Crippen molar-refractivity contribution in [3.8, 4) is 5.75 Å². The van der Waals surface area contributed by atoms with Gasteiger partial charge in [0.25, 0.3) is 0 Å². The van der Waals surface area contributed by atoms with Crippen molar-refractivity contribution in [2.24, 2.45) is 0 Å². The van der Waals surface area contributed by atoms with Gasteiger partial charge in [0.15, 0.2) is 0 Å². The van der Waals surface area contributed by atoms with Gasteiger partial charge in [-0.2, -0.15) is 13.2 Å². The maximum Gasteiger partial charge on any atom is 0.490 e. The fourth-order valence-electron chi connectivity index (χ4n) is 2.56. The molecule has 0 radical (unpaired) electrons. The van der Waals surface area contributed by atoms with Gasteiger partial charge < -0.3 is 24.1 Å². The molecule has 10 heteroatoms. The first-order chi connectivity index (χ1) is 13.2. The van der Waals surface area contributed by atoms with E-state index < -0.39 is 12.1 Å². The van der Waals surface area contributed by atoms with Gasteiger partial charge in [-0.05, 0) is 24.7 Å². The molecule has 1 N–H and O–H groups in total. The minimum absolute atomic E-state index is 0.167. The molecule has 1 fully saturated rings. The summed E-state index contributed by atoms with van der Waals surface area (Å²) < 4.78 is 53.4. The number of nitrogens with zero attached hydrogens (tertiary/aromatic N) is 1. The Bertz CT molecular complexity index is 605. The van der Waals surface area contributed by atoms with E-state index in [0.717, 1.165) is 24.4 Å². The number of carbonyl (C=O) groups is 1. The summed E-state index contributed by atoms with van der Waals surface area (Å²) in [6.45, 7) is 4.37. The van der Waals surface area contributed by atoms with Gasteiger partial charge in [-0.25, -0.2) is 4.79 Å². The zero-order valence-electron chi connectivity index (χ0n) is 16.1. The second-order valence-electron chi connectivity index (χ2n) is 6.15. The average molecular weight is 409 g/mol.